The second-order valence-electron chi connectivity index (χ2n) is 4.46. The summed E-state index contributed by atoms with van der Waals surface area (Å²) in [6.07, 6.45) is 0. The van der Waals surface area contributed by atoms with Crippen LogP contribution in [0.25, 0.3) is 0 Å². The van der Waals surface area contributed by atoms with E-state index in [2.05, 4.69) is 0 Å². The average molecular weight is 272 g/mol. The molecule has 20 heavy (non-hydrogen) atoms. The molecule has 4 nitrogen and oxygen atoms in total. The molecule has 0 aromatic heterocycles. The van der Waals surface area contributed by atoms with Crippen LogP contribution in [0.2, 0.25) is 0 Å². The summed E-state index contributed by atoms with van der Waals surface area (Å²) in [6.45, 7) is 2.84. The minimum atomic E-state index is -1.48. The van der Waals surface area contributed by atoms with Gasteiger partial charge in [-0.25, -0.2) is 0 Å². The van der Waals surface area contributed by atoms with Crippen LogP contribution in [0.5, 0.6) is 11.5 Å². The van der Waals surface area contributed by atoms with Crippen LogP contribution in [0.1, 0.15) is 5.56 Å². The first kappa shape index (κ1) is 14.4. The number of aryl methyl sites for hydroxylation is 1. The minimum absolute atomic E-state index is 0.388. The molecule has 0 aliphatic heterocycles. The molecule has 0 unspecified atom stereocenters. The molecule has 0 spiro atoms. The van der Waals surface area contributed by atoms with Crippen LogP contribution >= 0.6 is 0 Å². The average Bonchev–Trinajstić information content (AvgIpc) is 2.46. The first-order chi connectivity index (χ1) is 9.65. The fourth-order valence-electron chi connectivity index (χ4n) is 1.72. The summed E-state index contributed by atoms with van der Waals surface area (Å²) < 4.78 is 11.0. The second-order valence-corrected chi connectivity index (χ2v) is 4.46. The predicted octanol–water partition coefficient (Wildman–Crippen LogP) is 1.13. The first-order valence-electron chi connectivity index (χ1n) is 6.43. The molecule has 2 N–H and O–H groups in total. The summed E-state index contributed by atoms with van der Waals surface area (Å²) in [5, 5.41) is 18.1. The summed E-state index contributed by atoms with van der Waals surface area (Å²) in [7, 11) is -1.48. The van der Waals surface area contributed by atoms with Gasteiger partial charge in [0.15, 0.2) is 0 Å². The molecule has 5 heteroatoms. The lowest BCUT2D eigenvalue weighted by Crippen LogP contribution is -2.29. The highest BCUT2D eigenvalue weighted by Gasteiger charge is 2.10. The highest BCUT2D eigenvalue weighted by molar-refractivity contribution is 6.58. The van der Waals surface area contributed by atoms with E-state index in [-0.39, 0.29) is 0 Å². The van der Waals surface area contributed by atoms with Crippen LogP contribution in [0.15, 0.2) is 48.5 Å². The molecule has 0 amide bonds. The zero-order valence-corrected chi connectivity index (χ0v) is 11.3. The lowest BCUT2D eigenvalue weighted by molar-refractivity contribution is 0.217. The van der Waals surface area contributed by atoms with Gasteiger partial charge in [0.25, 0.3) is 0 Å². The maximum Gasteiger partial charge on any atom is 0.488 e. The number of hydrogen-bond donors (Lipinski definition) is 2. The van der Waals surface area contributed by atoms with Gasteiger partial charge in [0.05, 0.1) is 0 Å². The Kier molecular flexibility index (Phi) is 5.04. The Morgan fingerprint density at radius 2 is 1.55 bits per heavy atom. The van der Waals surface area contributed by atoms with Crippen LogP contribution in [-0.4, -0.2) is 30.4 Å². The second kappa shape index (κ2) is 6.98. The molecule has 0 saturated heterocycles. The van der Waals surface area contributed by atoms with Gasteiger partial charge in [0.1, 0.15) is 24.7 Å². The van der Waals surface area contributed by atoms with Gasteiger partial charge in [0.2, 0.25) is 0 Å². The van der Waals surface area contributed by atoms with E-state index >= 15 is 0 Å². The van der Waals surface area contributed by atoms with Crippen LogP contribution in [0.4, 0.5) is 0 Å². The summed E-state index contributed by atoms with van der Waals surface area (Å²) in [4.78, 5) is 0. The van der Waals surface area contributed by atoms with Gasteiger partial charge in [-0.2, -0.15) is 0 Å². The van der Waals surface area contributed by atoms with Gasteiger partial charge in [-0.15, -0.1) is 0 Å². The molecule has 0 aliphatic rings. The number of benzene rings is 2. The van der Waals surface area contributed by atoms with Gasteiger partial charge >= 0.3 is 7.12 Å². The molecular formula is C15H17BO4. The van der Waals surface area contributed by atoms with E-state index < -0.39 is 7.12 Å². The topological polar surface area (TPSA) is 58.9 Å². The molecular weight excluding hydrogens is 255 g/mol. The number of hydrogen-bond acceptors (Lipinski definition) is 4. The molecule has 0 atom stereocenters. The molecule has 0 radical (unpaired) electrons. The third-order valence-electron chi connectivity index (χ3n) is 2.80. The Bertz CT molecular complexity index is 540. The van der Waals surface area contributed by atoms with Crippen molar-refractivity contribution >= 4 is 12.6 Å². The van der Waals surface area contributed by atoms with Crippen molar-refractivity contribution < 1.29 is 19.5 Å². The molecule has 0 heterocycles. The van der Waals surface area contributed by atoms with E-state index in [1.54, 1.807) is 24.3 Å². The van der Waals surface area contributed by atoms with E-state index in [1.165, 1.54) is 5.56 Å². The van der Waals surface area contributed by atoms with Crippen molar-refractivity contribution in [2.75, 3.05) is 13.2 Å². The van der Waals surface area contributed by atoms with Crippen LogP contribution < -0.4 is 14.9 Å². The van der Waals surface area contributed by atoms with Crippen molar-refractivity contribution in [1.29, 1.82) is 0 Å². The molecule has 2 aromatic carbocycles. The van der Waals surface area contributed by atoms with Gasteiger partial charge in [0, 0.05) is 0 Å². The zero-order valence-electron chi connectivity index (χ0n) is 11.3. The SMILES string of the molecule is Cc1ccc(OCCOc2cccc(B(O)O)c2)cc1. The van der Waals surface area contributed by atoms with E-state index in [0.717, 1.165) is 5.75 Å². The Balaban J connectivity index is 1.78. The third-order valence-corrected chi connectivity index (χ3v) is 2.80. The van der Waals surface area contributed by atoms with Gasteiger partial charge in [-0.05, 0) is 36.7 Å². The maximum atomic E-state index is 9.07. The predicted molar refractivity (Wildman–Crippen MR) is 78.4 cm³/mol. The molecule has 0 fully saturated rings. The quantitative estimate of drug-likeness (QED) is 0.611. The highest BCUT2D eigenvalue weighted by atomic mass is 16.5. The molecule has 0 bridgehead atoms. The summed E-state index contributed by atoms with van der Waals surface area (Å²) >= 11 is 0. The molecule has 2 rings (SSSR count). The summed E-state index contributed by atoms with van der Waals surface area (Å²) in [6, 6.07) is 14.5. The van der Waals surface area contributed by atoms with Crippen molar-refractivity contribution in [3.63, 3.8) is 0 Å². The van der Waals surface area contributed by atoms with E-state index in [0.29, 0.717) is 24.4 Å². The molecule has 2 aromatic rings. The van der Waals surface area contributed by atoms with Gasteiger partial charge in [-0.1, -0.05) is 29.8 Å². The largest absolute Gasteiger partial charge is 0.490 e. The number of ether oxygens (including phenoxy) is 2. The first-order valence-corrected chi connectivity index (χ1v) is 6.43. The lowest BCUT2D eigenvalue weighted by atomic mass is 9.80. The summed E-state index contributed by atoms with van der Waals surface area (Å²) in [5.41, 5.74) is 1.59. The minimum Gasteiger partial charge on any atom is -0.490 e. The Labute approximate surface area is 118 Å². The normalized spacial score (nSPS) is 10.2. The Hall–Kier alpha value is -1.98. The van der Waals surface area contributed by atoms with E-state index in [4.69, 9.17) is 19.5 Å². The standard InChI is InChI=1S/C15H17BO4/c1-12-5-7-14(8-6-12)19-9-10-20-15-4-2-3-13(11-15)16(17)18/h2-8,11,17-18H,9-10H2,1H3. The zero-order chi connectivity index (χ0) is 14.4. The van der Waals surface area contributed by atoms with E-state index in [9.17, 15) is 0 Å². The fraction of sp³-hybridized carbons (Fsp3) is 0.200. The lowest BCUT2D eigenvalue weighted by Gasteiger charge is -2.09. The van der Waals surface area contributed by atoms with Crippen LogP contribution in [0, 0.1) is 6.92 Å². The summed E-state index contributed by atoms with van der Waals surface area (Å²) in [5.74, 6) is 1.39. The molecule has 104 valence electrons. The smallest absolute Gasteiger partial charge is 0.488 e. The molecule has 0 aliphatic carbocycles. The van der Waals surface area contributed by atoms with Crippen LogP contribution in [0.3, 0.4) is 0 Å². The van der Waals surface area contributed by atoms with Gasteiger partial charge < -0.3 is 19.5 Å². The maximum absolute atomic E-state index is 9.07. The van der Waals surface area contributed by atoms with Crippen molar-refractivity contribution in [2.24, 2.45) is 0 Å². The Morgan fingerprint density at radius 1 is 0.900 bits per heavy atom. The number of rotatable bonds is 6. The van der Waals surface area contributed by atoms with Crippen LogP contribution in [-0.2, 0) is 0 Å². The Morgan fingerprint density at radius 3 is 2.20 bits per heavy atom. The van der Waals surface area contributed by atoms with Crippen molar-refractivity contribution in [3.8, 4) is 11.5 Å². The van der Waals surface area contributed by atoms with Crippen molar-refractivity contribution in [3.05, 3.63) is 54.1 Å². The molecule has 0 saturated carbocycles. The van der Waals surface area contributed by atoms with E-state index in [1.807, 2.05) is 31.2 Å². The van der Waals surface area contributed by atoms with Gasteiger partial charge in [-0.3, -0.25) is 0 Å². The highest BCUT2D eigenvalue weighted by Crippen LogP contribution is 2.12. The fourth-order valence-corrected chi connectivity index (χ4v) is 1.72. The monoisotopic (exact) mass is 272 g/mol. The van der Waals surface area contributed by atoms with Crippen molar-refractivity contribution in [1.82, 2.24) is 0 Å². The van der Waals surface area contributed by atoms with Crippen molar-refractivity contribution in [2.45, 2.75) is 6.92 Å². The third kappa shape index (κ3) is 4.29.